The van der Waals surface area contributed by atoms with Crippen LogP contribution in [0.4, 0.5) is 5.69 Å². The minimum absolute atomic E-state index is 0.0147. The lowest BCUT2D eigenvalue weighted by molar-refractivity contribution is -0.123. The summed E-state index contributed by atoms with van der Waals surface area (Å²) in [4.78, 5) is 20.7. The van der Waals surface area contributed by atoms with Crippen molar-refractivity contribution in [3.63, 3.8) is 0 Å². The van der Waals surface area contributed by atoms with Crippen molar-refractivity contribution in [3.05, 3.63) is 59.9 Å². The largest absolute Gasteiger partial charge is 0.306 e. The minimum Gasteiger partial charge on any atom is -0.306 e. The van der Waals surface area contributed by atoms with Crippen molar-refractivity contribution in [2.45, 2.75) is 25.6 Å². The van der Waals surface area contributed by atoms with Crippen molar-refractivity contribution in [1.29, 1.82) is 0 Å². The van der Waals surface area contributed by atoms with Gasteiger partial charge in [-0.25, -0.2) is 8.42 Å². The van der Waals surface area contributed by atoms with Gasteiger partial charge < -0.3 is 4.90 Å². The first-order valence-electron chi connectivity index (χ1n) is 8.65. The zero-order valence-electron chi connectivity index (χ0n) is 14.6. The van der Waals surface area contributed by atoms with Gasteiger partial charge in [0.2, 0.25) is 5.91 Å². The number of pyridine rings is 1. The molecule has 0 spiro atoms. The lowest BCUT2D eigenvalue weighted by Gasteiger charge is -2.43. The summed E-state index contributed by atoms with van der Waals surface area (Å²) in [6, 6.07) is 10.9. The van der Waals surface area contributed by atoms with Crippen LogP contribution in [0.5, 0.6) is 0 Å². The molecule has 26 heavy (non-hydrogen) atoms. The number of carbonyl (C=O) groups is 1. The molecular formula is C19H21N3O3S. The van der Waals surface area contributed by atoms with Crippen LogP contribution in [0.25, 0.3) is 0 Å². The Morgan fingerprint density at radius 3 is 2.54 bits per heavy atom. The van der Waals surface area contributed by atoms with Crippen molar-refractivity contribution in [2.75, 3.05) is 23.0 Å². The fraction of sp³-hybridized carbons (Fsp3) is 0.368. The highest BCUT2D eigenvalue weighted by Gasteiger charge is 2.49. The Morgan fingerprint density at radius 2 is 1.85 bits per heavy atom. The highest BCUT2D eigenvalue weighted by atomic mass is 32.2. The number of carbonyl (C=O) groups excluding carboxylic acids is 1. The van der Waals surface area contributed by atoms with Gasteiger partial charge in [0.15, 0.2) is 9.84 Å². The molecule has 2 unspecified atom stereocenters. The number of anilines is 1. The first-order valence-corrected chi connectivity index (χ1v) is 10.5. The molecule has 1 aromatic carbocycles. The molecule has 4 rings (SSSR count). The van der Waals surface area contributed by atoms with Crippen LogP contribution in [0.1, 0.15) is 11.1 Å². The normalized spacial score (nSPS) is 25.3. The van der Waals surface area contributed by atoms with Crippen LogP contribution in [-0.4, -0.2) is 54.3 Å². The standard InChI is InChI=1S/C19H21N3O3S/c1-14-4-6-16(7-5-14)22-18-13-26(24,25)12-17(18)21(11-19(22)23)10-15-3-2-8-20-9-15/h2-9,17-18H,10-13H2,1H3. The average molecular weight is 371 g/mol. The third-order valence-electron chi connectivity index (χ3n) is 5.12. The first kappa shape index (κ1) is 17.2. The van der Waals surface area contributed by atoms with Gasteiger partial charge in [0.1, 0.15) is 0 Å². The number of hydrogen-bond acceptors (Lipinski definition) is 5. The van der Waals surface area contributed by atoms with E-state index in [1.54, 1.807) is 17.3 Å². The average Bonchev–Trinajstić information content (AvgIpc) is 2.92. The van der Waals surface area contributed by atoms with E-state index in [1.807, 2.05) is 48.2 Å². The number of nitrogens with zero attached hydrogens (tertiary/aromatic N) is 3. The Morgan fingerprint density at radius 1 is 1.12 bits per heavy atom. The van der Waals surface area contributed by atoms with E-state index in [2.05, 4.69) is 4.98 Å². The van der Waals surface area contributed by atoms with Crippen LogP contribution in [0, 0.1) is 6.92 Å². The second-order valence-corrected chi connectivity index (χ2v) is 9.23. The first-order chi connectivity index (χ1) is 12.4. The fourth-order valence-corrected chi connectivity index (χ4v) is 5.88. The van der Waals surface area contributed by atoms with E-state index < -0.39 is 9.84 Å². The molecule has 1 aromatic heterocycles. The van der Waals surface area contributed by atoms with E-state index in [0.717, 1.165) is 16.8 Å². The maximum atomic E-state index is 12.9. The molecule has 2 atom stereocenters. The molecule has 2 saturated heterocycles. The third kappa shape index (κ3) is 3.24. The molecule has 0 aliphatic carbocycles. The Kier molecular flexibility index (Phi) is 4.28. The molecule has 0 saturated carbocycles. The Bertz CT molecular complexity index is 913. The van der Waals surface area contributed by atoms with Gasteiger partial charge in [-0.3, -0.25) is 14.7 Å². The molecule has 1 amide bonds. The van der Waals surface area contributed by atoms with E-state index >= 15 is 0 Å². The summed E-state index contributed by atoms with van der Waals surface area (Å²) in [7, 11) is -3.18. The van der Waals surface area contributed by atoms with Crippen LogP contribution < -0.4 is 4.90 Å². The summed E-state index contributed by atoms with van der Waals surface area (Å²) >= 11 is 0. The highest BCUT2D eigenvalue weighted by Crippen LogP contribution is 2.32. The van der Waals surface area contributed by atoms with Crippen molar-refractivity contribution < 1.29 is 13.2 Å². The second kappa shape index (κ2) is 6.48. The Balaban J connectivity index is 1.67. The second-order valence-electron chi connectivity index (χ2n) is 7.08. The van der Waals surface area contributed by atoms with Crippen molar-refractivity contribution in [2.24, 2.45) is 0 Å². The monoisotopic (exact) mass is 371 g/mol. The summed E-state index contributed by atoms with van der Waals surface area (Å²) in [5.74, 6) is 0.0464. The smallest absolute Gasteiger partial charge is 0.241 e. The molecule has 2 aromatic rings. The predicted molar refractivity (Wildman–Crippen MR) is 99.5 cm³/mol. The van der Waals surface area contributed by atoms with Gasteiger partial charge in [-0.1, -0.05) is 23.8 Å². The van der Waals surface area contributed by atoms with E-state index in [4.69, 9.17) is 0 Å². The fourth-order valence-electron chi connectivity index (χ4n) is 3.90. The van der Waals surface area contributed by atoms with E-state index in [-0.39, 0.29) is 36.0 Å². The van der Waals surface area contributed by atoms with Crippen molar-refractivity contribution in [3.8, 4) is 0 Å². The lowest BCUT2D eigenvalue weighted by Crippen LogP contribution is -2.61. The topological polar surface area (TPSA) is 70.6 Å². The molecule has 2 aliphatic rings. The Hall–Kier alpha value is -2.25. The molecule has 2 fully saturated rings. The number of sulfone groups is 1. The molecule has 136 valence electrons. The molecule has 6 nitrogen and oxygen atoms in total. The molecule has 7 heteroatoms. The maximum absolute atomic E-state index is 12.9. The van der Waals surface area contributed by atoms with E-state index in [9.17, 15) is 13.2 Å². The van der Waals surface area contributed by atoms with E-state index in [1.165, 1.54) is 0 Å². The molecular weight excluding hydrogens is 350 g/mol. The van der Waals surface area contributed by atoms with Gasteiger partial charge in [-0.15, -0.1) is 0 Å². The number of fused-ring (bicyclic) bond motifs is 1. The van der Waals surface area contributed by atoms with Gasteiger partial charge in [0, 0.05) is 30.7 Å². The molecule has 2 aliphatic heterocycles. The van der Waals surface area contributed by atoms with Crippen LogP contribution in [0.3, 0.4) is 0 Å². The zero-order valence-corrected chi connectivity index (χ0v) is 15.4. The molecule has 3 heterocycles. The predicted octanol–water partition coefficient (Wildman–Crippen LogP) is 1.40. The summed E-state index contributed by atoms with van der Waals surface area (Å²) in [5, 5.41) is 0. The Labute approximate surface area is 153 Å². The summed E-state index contributed by atoms with van der Waals surface area (Å²) in [5.41, 5.74) is 2.85. The van der Waals surface area contributed by atoms with Gasteiger partial charge in [0.25, 0.3) is 0 Å². The number of piperazine rings is 1. The highest BCUT2D eigenvalue weighted by molar-refractivity contribution is 7.91. The number of aromatic nitrogens is 1. The summed E-state index contributed by atoms with van der Waals surface area (Å²) in [6.07, 6.45) is 3.46. The summed E-state index contributed by atoms with van der Waals surface area (Å²) in [6.45, 7) is 2.72. The number of aryl methyl sites for hydroxylation is 1. The maximum Gasteiger partial charge on any atom is 0.241 e. The minimum atomic E-state index is -3.18. The van der Waals surface area contributed by atoms with Crippen molar-refractivity contribution >= 4 is 21.4 Å². The molecule has 0 radical (unpaired) electrons. The van der Waals surface area contributed by atoms with Gasteiger partial charge >= 0.3 is 0 Å². The zero-order chi connectivity index (χ0) is 18.3. The number of hydrogen-bond donors (Lipinski definition) is 0. The summed E-state index contributed by atoms with van der Waals surface area (Å²) < 4.78 is 24.7. The van der Waals surface area contributed by atoms with Gasteiger partial charge in [-0.2, -0.15) is 0 Å². The van der Waals surface area contributed by atoms with E-state index in [0.29, 0.717) is 6.54 Å². The SMILES string of the molecule is Cc1ccc(N2C(=O)CN(Cc3cccnc3)C3CS(=O)(=O)CC32)cc1. The third-order valence-corrected chi connectivity index (χ3v) is 6.82. The van der Waals surface area contributed by atoms with Crippen LogP contribution >= 0.6 is 0 Å². The van der Waals surface area contributed by atoms with Crippen LogP contribution in [0.15, 0.2) is 48.8 Å². The van der Waals surface area contributed by atoms with Crippen molar-refractivity contribution in [1.82, 2.24) is 9.88 Å². The van der Waals surface area contributed by atoms with Gasteiger partial charge in [0.05, 0.1) is 24.1 Å². The van der Waals surface area contributed by atoms with Crippen LogP contribution in [-0.2, 0) is 21.2 Å². The molecule has 0 N–H and O–H groups in total. The number of amides is 1. The lowest BCUT2D eigenvalue weighted by atomic mass is 10.0. The number of benzene rings is 1. The number of rotatable bonds is 3. The quantitative estimate of drug-likeness (QED) is 0.816. The molecule has 0 bridgehead atoms. The van der Waals surface area contributed by atoms with Gasteiger partial charge in [-0.05, 0) is 30.7 Å². The van der Waals surface area contributed by atoms with Crippen LogP contribution in [0.2, 0.25) is 0 Å².